The molecule has 1 amide bonds. The second kappa shape index (κ2) is 6.98. The van der Waals surface area contributed by atoms with Gasteiger partial charge in [-0.15, -0.1) is 0 Å². The van der Waals surface area contributed by atoms with Crippen molar-refractivity contribution in [3.63, 3.8) is 0 Å². The first-order valence-corrected chi connectivity index (χ1v) is 5.86. The highest BCUT2D eigenvalue weighted by Gasteiger charge is 2.08. The van der Waals surface area contributed by atoms with E-state index in [9.17, 15) is 4.79 Å². The van der Waals surface area contributed by atoms with Crippen LogP contribution < -0.4 is 11.1 Å². The SMILES string of the molecule is COCCN(C)CC(=O)Nc1ccc(N)cc1C. The number of ether oxygens (including phenoxy) is 1. The molecular formula is C13H21N3O2. The molecule has 5 nitrogen and oxygen atoms in total. The van der Waals surface area contributed by atoms with Crippen LogP contribution in [0.2, 0.25) is 0 Å². The van der Waals surface area contributed by atoms with Gasteiger partial charge in [0.15, 0.2) is 0 Å². The highest BCUT2D eigenvalue weighted by molar-refractivity contribution is 5.93. The minimum atomic E-state index is -0.0403. The number of nitrogens with zero attached hydrogens (tertiary/aromatic N) is 1. The number of carbonyl (C=O) groups excluding carboxylic acids is 1. The summed E-state index contributed by atoms with van der Waals surface area (Å²) in [5.41, 5.74) is 8.12. The van der Waals surface area contributed by atoms with Gasteiger partial charge >= 0.3 is 0 Å². The number of nitrogens with one attached hydrogen (secondary N) is 1. The number of methoxy groups -OCH3 is 1. The van der Waals surface area contributed by atoms with E-state index in [0.29, 0.717) is 18.8 Å². The van der Waals surface area contributed by atoms with Gasteiger partial charge in [0.25, 0.3) is 0 Å². The Morgan fingerprint density at radius 3 is 2.83 bits per heavy atom. The quantitative estimate of drug-likeness (QED) is 0.743. The van der Waals surface area contributed by atoms with Crippen molar-refractivity contribution in [1.29, 1.82) is 0 Å². The fraction of sp³-hybridized carbons (Fsp3) is 0.462. The van der Waals surface area contributed by atoms with E-state index in [1.807, 2.05) is 31.0 Å². The fourth-order valence-electron chi connectivity index (χ4n) is 1.59. The number of benzene rings is 1. The summed E-state index contributed by atoms with van der Waals surface area (Å²) >= 11 is 0. The van der Waals surface area contributed by atoms with Crippen LogP contribution in [0.25, 0.3) is 0 Å². The maximum Gasteiger partial charge on any atom is 0.238 e. The van der Waals surface area contributed by atoms with Gasteiger partial charge < -0.3 is 15.8 Å². The molecule has 5 heteroatoms. The molecular weight excluding hydrogens is 230 g/mol. The van der Waals surface area contributed by atoms with Crippen LogP contribution in [0.15, 0.2) is 18.2 Å². The lowest BCUT2D eigenvalue weighted by atomic mass is 10.2. The van der Waals surface area contributed by atoms with Crippen LogP contribution in [0.5, 0.6) is 0 Å². The van der Waals surface area contributed by atoms with Crippen LogP contribution in [-0.2, 0) is 9.53 Å². The number of amides is 1. The van der Waals surface area contributed by atoms with Crippen LogP contribution in [-0.4, -0.2) is 44.7 Å². The highest BCUT2D eigenvalue weighted by Crippen LogP contribution is 2.17. The molecule has 1 rings (SSSR count). The number of likely N-dealkylation sites (N-methyl/N-ethyl adjacent to an activating group) is 1. The first kappa shape index (κ1) is 14.5. The Labute approximate surface area is 108 Å². The predicted molar refractivity (Wildman–Crippen MR) is 73.6 cm³/mol. The van der Waals surface area contributed by atoms with Gasteiger partial charge in [-0.05, 0) is 37.7 Å². The summed E-state index contributed by atoms with van der Waals surface area (Å²) in [4.78, 5) is 13.7. The molecule has 3 N–H and O–H groups in total. The van der Waals surface area contributed by atoms with Crippen LogP contribution in [0, 0.1) is 6.92 Å². The van der Waals surface area contributed by atoms with E-state index in [2.05, 4.69) is 5.32 Å². The summed E-state index contributed by atoms with van der Waals surface area (Å²) in [6.07, 6.45) is 0. The Hall–Kier alpha value is -1.59. The summed E-state index contributed by atoms with van der Waals surface area (Å²) in [7, 11) is 3.53. The zero-order valence-corrected chi connectivity index (χ0v) is 11.2. The topological polar surface area (TPSA) is 67.6 Å². The standard InChI is InChI=1S/C13H21N3O2/c1-10-8-11(14)4-5-12(10)15-13(17)9-16(2)6-7-18-3/h4-5,8H,6-7,9,14H2,1-3H3,(H,15,17). The van der Waals surface area contributed by atoms with Crippen molar-refractivity contribution in [3.05, 3.63) is 23.8 Å². The highest BCUT2D eigenvalue weighted by atomic mass is 16.5. The Balaban J connectivity index is 2.49. The first-order valence-electron chi connectivity index (χ1n) is 5.86. The molecule has 0 fully saturated rings. The van der Waals surface area contributed by atoms with Crippen LogP contribution in [0.4, 0.5) is 11.4 Å². The number of nitrogens with two attached hydrogens (primary N) is 1. The molecule has 18 heavy (non-hydrogen) atoms. The number of carbonyl (C=O) groups is 1. The van der Waals surface area contributed by atoms with E-state index < -0.39 is 0 Å². The van der Waals surface area contributed by atoms with Gasteiger partial charge in [-0.25, -0.2) is 0 Å². The molecule has 0 aromatic heterocycles. The molecule has 1 aromatic carbocycles. The molecule has 0 bridgehead atoms. The maximum atomic E-state index is 11.8. The molecule has 0 aliphatic heterocycles. The third-order valence-corrected chi connectivity index (χ3v) is 2.62. The molecule has 100 valence electrons. The predicted octanol–water partition coefficient (Wildman–Crippen LogP) is 1.09. The monoisotopic (exact) mass is 251 g/mol. The van der Waals surface area contributed by atoms with Crippen LogP contribution >= 0.6 is 0 Å². The van der Waals surface area contributed by atoms with E-state index in [4.69, 9.17) is 10.5 Å². The number of hydrogen-bond acceptors (Lipinski definition) is 4. The smallest absolute Gasteiger partial charge is 0.238 e. The number of rotatable bonds is 6. The van der Waals surface area contributed by atoms with E-state index in [1.54, 1.807) is 13.2 Å². The average molecular weight is 251 g/mol. The van der Waals surface area contributed by atoms with Crippen molar-refractivity contribution < 1.29 is 9.53 Å². The van der Waals surface area contributed by atoms with Crippen LogP contribution in [0.3, 0.4) is 0 Å². The fourth-order valence-corrected chi connectivity index (χ4v) is 1.59. The summed E-state index contributed by atoms with van der Waals surface area (Å²) in [6.45, 7) is 3.60. The molecule has 0 saturated carbocycles. The molecule has 1 aromatic rings. The van der Waals surface area contributed by atoms with Gasteiger partial charge in [0.1, 0.15) is 0 Å². The normalized spacial score (nSPS) is 10.7. The second-order valence-electron chi connectivity index (χ2n) is 4.35. The Morgan fingerprint density at radius 1 is 1.50 bits per heavy atom. The molecule has 0 aliphatic rings. The number of nitrogen functional groups attached to an aromatic ring is 1. The molecule has 0 heterocycles. The van der Waals surface area contributed by atoms with Gasteiger partial charge in [-0.2, -0.15) is 0 Å². The average Bonchev–Trinajstić information content (AvgIpc) is 2.30. The zero-order chi connectivity index (χ0) is 13.5. The van der Waals surface area contributed by atoms with Crippen LogP contribution in [0.1, 0.15) is 5.56 Å². The Morgan fingerprint density at radius 2 is 2.22 bits per heavy atom. The molecule has 0 unspecified atom stereocenters. The third-order valence-electron chi connectivity index (χ3n) is 2.62. The maximum absolute atomic E-state index is 11.8. The largest absolute Gasteiger partial charge is 0.399 e. The second-order valence-corrected chi connectivity index (χ2v) is 4.35. The number of aryl methyl sites for hydroxylation is 1. The lowest BCUT2D eigenvalue weighted by molar-refractivity contribution is -0.117. The van der Waals surface area contributed by atoms with Crippen molar-refractivity contribution in [1.82, 2.24) is 4.90 Å². The van der Waals surface area contributed by atoms with Crippen molar-refractivity contribution in [2.75, 3.05) is 44.9 Å². The van der Waals surface area contributed by atoms with Crippen molar-refractivity contribution in [2.45, 2.75) is 6.92 Å². The Bertz CT molecular complexity index is 407. The number of hydrogen-bond donors (Lipinski definition) is 2. The molecule has 0 aliphatic carbocycles. The van der Waals surface area contributed by atoms with Gasteiger partial charge in [0, 0.05) is 25.0 Å². The molecule has 0 spiro atoms. The summed E-state index contributed by atoms with van der Waals surface area (Å²) in [5.74, 6) is -0.0403. The third kappa shape index (κ3) is 4.73. The van der Waals surface area contributed by atoms with Crippen molar-refractivity contribution in [3.8, 4) is 0 Å². The summed E-state index contributed by atoms with van der Waals surface area (Å²) < 4.78 is 4.96. The Kier molecular flexibility index (Phi) is 5.61. The lowest BCUT2D eigenvalue weighted by Crippen LogP contribution is -2.32. The van der Waals surface area contributed by atoms with E-state index >= 15 is 0 Å². The van der Waals surface area contributed by atoms with Crippen molar-refractivity contribution in [2.24, 2.45) is 0 Å². The number of anilines is 2. The van der Waals surface area contributed by atoms with Gasteiger partial charge in [-0.1, -0.05) is 0 Å². The summed E-state index contributed by atoms with van der Waals surface area (Å²) in [5, 5.41) is 2.87. The van der Waals surface area contributed by atoms with E-state index in [0.717, 1.165) is 17.8 Å². The molecule has 0 radical (unpaired) electrons. The van der Waals surface area contributed by atoms with Gasteiger partial charge in [0.05, 0.1) is 13.2 Å². The lowest BCUT2D eigenvalue weighted by Gasteiger charge is -2.16. The summed E-state index contributed by atoms with van der Waals surface area (Å²) in [6, 6.07) is 5.43. The van der Waals surface area contributed by atoms with Crippen molar-refractivity contribution >= 4 is 17.3 Å². The van der Waals surface area contributed by atoms with Gasteiger partial charge in [-0.3, -0.25) is 9.69 Å². The zero-order valence-electron chi connectivity index (χ0n) is 11.2. The molecule has 0 atom stereocenters. The first-order chi connectivity index (χ1) is 8.52. The van der Waals surface area contributed by atoms with E-state index in [-0.39, 0.29) is 5.91 Å². The molecule has 0 saturated heterocycles. The van der Waals surface area contributed by atoms with E-state index in [1.165, 1.54) is 0 Å². The minimum Gasteiger partial charge on any atom is -0.399 e. The minimum absolute atomic E-state index is 0.0403. The van der Waals surface area contributed by atoms with Gasteiger partial charge in [0.2, 0.25) is 5.91 Å².